The van der Waals surface area contributed by atoms with Gasteiger partial charge >= 0.3 is 0 Å². The number of para-hydroxylation sites is 2. The highest BCUT2D eigenvalue weighted by molar-refractivity contribution is 6.09. The molecule has 0 radical (unpaired) electrons. The minimum absolute atomic E-state index is 0.0429. The fourth-order valence-electron chi connectivity index (χ4n) is 2.68. The van der Waals surface area contributed by atoms with E-state index in [1.54, 1.807) is 6.07 Å². The van der Waals surface area contributed by atoms with Gasteiger partial charge in [-0.2, -0.15) is 0 Å². The molecule has 5 heteroatoms. The fraction of sp³-hybridized carbons (Fsp3) is 0.263. The Kier molecular flexibility index (Phi) is 4.91. The Morgan fingerprint density at radius 2 is 1.88 bits per heavy atom. The Morgan fingerprint density at radius 1 is 1.17 bits per heavy atom. The van der Waals surface area contributed by atoms with Crippen LogP contribution in [0.15, 0.2) is 54.6 Å². The van der Waals surface area contributed by atoms with Gasteiger partial charge in [0.1, 0.15) is 6.54 Å². The van der Waals surface area contributed by atoms with E-state index in [0.717, 1.165) is 11.3 Å². The van der Waals surface area contributed by atoms with Crippen LogP contribution in [0.2, 0.25) is 0 Å². The van der Waals surface area contributed by atoms with E-state index in [4.69, 9.17) is 4.74 Å². The van der Waals surface area contributed by atoms with Gasteiger partial charge in [-0.15, -0.1) is 0 Å². The average molecular weight is 324 g/mol. The Bertz CT molecular complexity index is 730. The molecule has 1 unspecified atom stereocenters. The lowest BCUT2D eigenvalue weighted by molar-refractivity contribution is -0.124. The SMILES string of the molecule is CC(CC(=O)N1CC(=O)Nc2ccccc21)OCc1ccccc1. The number of fused-ring (bicyclic) bond motifs is 1. The van der Waals surface area contributed by atoms with Crippen molar-refractivity contribution in [2.45, 2.75) is 26.1 Å². The van der Waals surface area contributed by atoms with Crippen LogP contribution in [-0.4, -0.2) is 24.5 Å². The first-order valence-electron chi connectivity index (χ1n) is 7.98. The van der Waals surface area contributed by atoms with Crippen LogP contribution in [0.3, 0.4) is 0 Å². The third-order valence-corrected chi connectivity index (χ3v) is 3.91. The first-order valence-corrected chi connectivity index (χ1v) is 7.98. The van der Waals surface area contributed by atoms with Gasteiger partial charge in [0.05, 0.1) is 30.5 Å². The first-order chi connectivity index (χ1) is 11.6. The number of carbonyl (C=O) groups is 2. The van der Waals surface area contributed by atoms with Gasteiger partial charge in [-0.3, -0.25) is 9.59 Å². The van der Waals surface area contributed by atoms with E-state index in [2.05, 4.69) is 5.32 Å². The summed E-state index contributed by atoms with van der Waals surface area (Å²) in [6, 6.07) is 17.2. The maximum Gasteiger partial charge on any atom is 0.244 e. The highest BCUT2D eigenvalue weighted by atomic mass is 16.5. The largest absolute Gasteiger partial charge is 0.373 e. The predicted molar refractivity (Wildman–Crippen MR) is 92.7 cm³/mol. The molecular weight excluding hydrogens is 304 g/mol. The van der Waals surface area contributed by atoms with Crippen molar-refractivity contribution in [3.63, 3.8) is 0 Å². The van der Waals surface area contributed by atoms with Gasteiger partial charge in [0, 0.05) is 0 Å². The molecule has 24 heavy (non-hydrogen) atoms. The smallest absolute Gasteiger partial charge is 0.244 e. The number of benzene rings is 2. The van der Waals surface area contributed by atoms with Crippen molar-refractivity contribution in [2.75, 3.05) is 16.8 Å². The van der Waals surface area contributed by atoms with Crippen molar-refractivity contribution in [2.24, 2.45) is 0 Å². The molecule has 1 aliphatic rings. The summed E-state index contributed by atoms with van der Waals surface area (Å²) in [5.41, 5.74) is 2.47. The number of anilines is 2. The summed E-state index contributed by atoms with van der Waals surface area (Å²) in [4.78, 5) is 25.9. The highest BCUT2D eigenvalue weighted by Crippen LogP contribution is 2.29. The second-order valence-corrected chi connectivity index (χ2v) is 5.86. The van der Waals surface area contributed by atoms with Crippen LogP contribution in [0.25, 0.3) is 0 Å². The van der Waals surface area contributed by atoms with E-state index >= 15 is 0 Å². The molecule has 0 saturated carbocycles. The lowest BCUT2D eigenvalue weighted by Crippen LogP contribution is -2.43. The second kappa shape index (κ2) is 7.27. The van der Waals surface area contributed by atoms with E-state index in [-0.39, 0.29) is 30.9 Å². The molecule has 3 rings (SSSR count). The summed E-state index contributed by atoms with van der Waals surface area (Å²) in [5.74, 6) is -0.294. The topological polar surface area (TPSA) is 58.6 Å². The maximum absolute atomic E-state index is 12.6. The van der Waals surface area contributed by atoms with Crippen LogP contribution in [0.5, 0.6) is 0 Å². The number of hydrogen-bond donors (Lipinski definition) is 1. The van der Waals surface area contributed by atoms with E-state index in [0.29, 0.717) is 12.3 Å². The van der Waals surface area contributed by atoms with Crippen molar-refractivity contribution in [3.8, 4) is 0 Å². The molecule has 0 spiro atoms. The van der Waals surface area contributed by atoms with Gasteiger partial charge in [0.15, 0.2) is 0 Å². The molecule has 0 bridgehead atoms. The van der Waals surface area contributed by atoms with Crippen LogP contribution >= 0.6 is 0 Å². The summed E-state index contributed by atoms with van der Waals surface area (Å²) < 4.78 is 5.76. The molecular formula is C19H20N2O3. The molecule has 2 aromatic carbocycles. The van der Waals surface area contributed by atoms with Crippen LogP contribution in [0.4, 0.5) is 11.4 Å². The maximum atomic E-state index is 12.6. The third-order valence-electron chi connectivity index (χ3n) is 3.91. The van der Waals surface area contributed by atoms with Gasteiger partial charge in [-0.05, 0) is 24.6 Å². The van der Waals surface area contributed by atoms with Gasteiger partial charge < -0.3 is 15.0 Å². The fourth-order valence-corrected chi connectivity index (χ4v) is 2.68. The van der Waals surface area contributed by atoms with Crippen LogP contribution < -0.4 is 10.2 Å². The average Bonchev–Trinajstić information content (AvgIpc) is 2.60. The summed E-state index contributed by atoms with van der Waals surface area (Å²) in [7, 11) is 0. The normalized spacial score (nSPS) is 14.7. The molecule has 1 atom stereocenters. The van der Waals surface area contributed by atoms with Crippen LogP contribution in [0, 0.1) is 0 Å². The number of ether oxygens (including phenoxy) is 1. The van der Waals surface area contributed by atoms with Gasteiger partial charge in [0.2, 0.25) is 11.8 Å². The Morgan fingerprint density at radius 3 is 2.67 bits per heavy atom. The highest BCUT2D eigenvalue weighted by Gasteiger charge is 2.27. The number of nitrogens with one attached hydrogen (secondary N) is 1. The van der Waals surface area contributed by atoms with E-state index in [1.807, 2.05) is 55.5 Å². The Labute approximate surface area is 141 Å². The zero-order valence-electron chi connectivity index (χ0n) is 13.6. The van der Waals surface area contributed by atoms with E-state index in [9.17, 15) is 9.59 Å². The Balaban J connectivity index is 1.61. The predicted octanol–water partition coefficient (Wildman–Crippen LogP) is 2.97. The summed E-state index contributed by atoms with van der Waals surface area (Å²) in [5, 5.41) is 2.78. The summed E-state index contributed by atoms with van der Waals surface area (Å²) >= 11 is 0. The number of rotatable bonds is 5. The van der Waals surface area contributed by atoms with Crippen molar-refractivity contribution in [1.29, 1.82) is 0 Å². The molecule has 2 aromatic rings. The molecule has 0 aromatic heterocycles. The molecule has 1 N–H and O–H groups in total. The first kappa shape index (κ1) is 16.2. The molecule has 5 nitrogen and oxygen atoms in total. The molecule has 1 aliphatic heterocycles. The number of carbonyl (C=O) groups excluding carboxylic acids is 2. The number of hydrogen-bond acceptors (Lipinski definition) is 3. The zero-order chi connectivity index (χ0) is 16.9. The van der Waals surface area contributed by atoms with Crippen molar-refractivity contribution in [1.82, 2.24) is 0 Å². The monoisotopic (exact) mass is 324 g/mol. The lowest BCUT2D eigenvalue weighted by atomic mass is 10.1. The quantitative estimate of drug-likeness (QED) is 0.920. The molecule has 2 amide bonds. The van der Waals surface area contributed by atoms with Crippen molar-refractivity contribution < 1.29 is 14.3 Å². The van der Waals surface area contributed by atoms with Gasteiger partial charge in [-0.1, -0.05) is 42.5 Å². The van der Waals surface area contributed by atoms with Crippen LogP contribution in [-0.2, 0) is 20.9 Å². The van der Waals surface area contributed by atoms with E-state index in [1.165, 1.54) is 4.90 Å². The van der Waals surface area contributed by atoms with E-state index < -0.39 is 0 Å². The molecule has 1 heterocycles. The van der Waals surface area contributed by atoms with Crippen molar-refractivity contribution >= 4 is 23.2 Å². The Hall–Kier alpha value is -2.66. The number of nitrogens with zero attached hydrogens (tertiary/aromatic N) is 1. The zero-order valence-corrected chi connectivity index (χ0v) is 13.6. The molecule has 0 saturated heterocycles. The van der Waals surface area contributed by atoms with Gasteiger partial charge in [0.25, 0.3) is 0 Å². The number of amides is 2. The third kappa shape index (κ3) is 3.81. The van der Waals surface area contributed by atoms with Crippen molar-refractivity contribution in [3.05, 3.63) is 60.2 Å². The van der Waals surface area contributed by atoms with Crippen LogP contribution in [0.1, 0.15) is 18.9 Å². The second-order valence-electron chi connectivity index (χ2n) is 5.86. The minimum atomic E-state index is -0.227. The lowest BCUT2D eigenvalue weighted by Gasteiger charge is -2.30. The minimum Gasteiger partial charge on any atom is -0.373 e. The summed E-state index contributed by atoms with van der Waals surface area (Å²) in [6.07, 6.45) is 0.00362. The molecule has 0 aliphatic carbocycles. The molecule has 0 fully saturated rings. The standard InChI is InChI=1S/C19H20N2O3/c1-14(24-13-15-7-3-2-4-8-15)11-19(23)21-12-18(22)20-16-9-5-6-10-17(16)21/h2-10,14H,11-13H2,1H3,(H,20,22). The summed E-state index contributed by atoms with van der Waals surface area (Å²) in [6.45, 7) is 2.38. The van der Waals surface area contributed by atoms with Gasteiger partial charge in [-0.25, -0.2) is 0 Å². The molecule has 124 valence electrons.